The van der Waals surface area contributed by atoms with Gasteiger partial charge in [-0.25, -0.2) is 0 Å². The van der Waals surface area contributed by atoms with Crippen LogP contribution in [0.1, 0.15) is 47.7 Å². The van der Waals surface area contributed by atoms with E-state index in [2.05, 4.69) is 48.3 Å². The van der Waals surface area contributed by atoms with E-state index in [-0.39, 0.29) is 24.3 Å². The summed E-state index contributed by atoms with van der Waals surface area (Å²) in [4.78, 5) is 35.0. The molecule has 0 aliphatic carbocycles. The Labute approximate surface area is 223 Å². The summed E-state index contributed by atoms with van der Waals surface area (Å²) < 4.78 is 5.26. The number of carbonyl (C=O) groups is 2. The van der Waals surface area contributed by atoms with Gasteiger partial charge in [0.1, 0.15) is 5.75 Å². The first kappa shape index (κ1) is 24.3. The predicted octanol–water partition coefficient (Wildman–Crippen LogP) is 5.01. The van der Waals surface area contributed by atoms with Crippen molar-refractivity contribution in [2.45, 2.75) is 38.1 Å². The lowest BCUT2D eigenvalue weighted by Crippen LogP contribution is -2.67. The number of carbonyl (C=O) groups excluding carboxylic acids is 2. The number of piperazine rings is 1. The molecule has 2 aliphatic rings. The Balaban J connectivity index is 1.39. The van der Waals surface area contributed by atoms with Gasteiger partial charge in [-0.2, -0.15) is 0 Å². The third kappa shape index (κ3) is 3.78. The van der Waals surface area contributed by atoms with Crippen LogP contribution in [0.15, 0.2) is 72.8 Å². The van der Waals surface area contributed by atoms with Crippen LogP contribution in [-0.4, -0.2) is 53.3 Å². The fourth-order valence-corrected chi connectivity index (χ4v) is 6.20. The summed E-state index contributed by atoms with van der Waals surface area (Å²) in [6.45, 7) is 5.13. The van der Waals surface area contributed by atoms with E-state index in [0.717, 1.165) is 45.5 Å². The van der Waals surface area contributed by atoms with Gasteiger partial charge in [-0.3, -0.25) is 9.59 Å². The lowest BCUT2D eigenvalue weighted by atomic mass is 9.76. The summed E-state index contributed by atoms with van der Waals surface area (Å²) in [5.41, 5.74) is 5.42. The molecule has 2 amide bonds. The van der Waals surface area contributed by atoms with Crippen molar-refractivity contribution < 1.29 is 14.3 Å². The number of methoxy groups -OCH3 is 1. The number of H-pyrrole nitrogens is 1. The van der Waals surface area contributed by atoms with Crippen molar-refractivity contribution in [1.29, 1.82) is 0 Å². The summed E-state index contributed by atoms with van der Waals surface area (Å²) in [7, 11) is 1.65. The lowest BCUT2D eigenvalue weighted by molar-refractivity contribution is -0.166. The maximum Gasteiger partial charge on any atom is 0.254 e. The topological polar surface area (TPSA) is 65.6 Å². The van der Waals surface area contributed by atoms with Crippen molar-refractivity contribution in [3.05, 3.63) is 101 Å². The molecule has 6 rings (SSSR count). The smallest absolute Gasteiger partial charge is 0.254 e. The number of benzene rings is 3. The molecule has 6 nitrogen and oxygen atoms in total. The number of aryl methyl sites for hydroxylation is 1. The molecule has 4 aromatic rings. The molecule has 2 unspecified atom stereocenters. The zero-order valence-electron chi connectivity index (χ0n) is 22.2. The molecule has 1 saturated heterocycles. The number of nitrogens with one attached hydrogen (secondary N) is 1. The van der Waals surface area contributed by atoms with Gasteiger partial charge < -0.3 is 19.5 Å². The Morgan fingerprint density at radius 1 is 0.974 bits per heavy atom. The quantitative estimate of drug-likeness (QED) is 0.399. The van der Waals surface area contributed by atoms with Crippen molar-refractivity contribution in [2.24, 2.45) is 0 Å². The van der Waals surface area contributed by atoms with E-state index >= 15 is 0 Å². The Morgan fingerprint density at radius 2 is 1.68 bits per heavy atom. The number of ether oxygens (including phenoxy) is 1. The molecule has 0 radical (unpaired) electrons. The highest BCUT2D eigenvalue weighted by molar-refractivity contribution is 6.01. The zero-order valence-corrected chi connectivity index (χ0v) is 22.2. The molecule has 38 heavy (non-hydrogen) atoms. The maximum atomic E-state index is 14.2. The minimum Gasteiger partial charge on any atom is -0.497 e. The van der Waals surface area contributed by atoms with Crippen LogP contribution in [-0.2, 0) is 28.0 Å². The second-order valence-corrected chi connectivity index (χ2v) is 10.5. The van der Waals surface area contributed by atoms with E-state index in [1.54, 1.807) is 12.0 Å². The van der Waals surface area contributed by atoms with E-state index in [1.165, 1.54) is 5.56 Å². The van der Waals surface area contributed by atoms with E-state index in [1.807, 2.05) is 48.2 Å². The number of hydrogen-bond donors (Lipinski definition) is 1. The summed E-state index contributed by atoms with van der Waals surface area (Å²) >= 11 is 0. The molecule has 0 bridgehead atoms. The molecule has 1 aromatic heterocycles. The number of rotatable bonds is 6. The monoisotopic (exact) mass is 507 g/mol. The van der Waals surface area contributed by atoms with Gasteiger partial charge in [0.25, 0.3) is 5.91 Å². The number of aromatic nitrogens is 1. The standard InChI is InChI=1S/C32H33N3O3/c1-4-21-9-13-23(14-10-21)26-19-35-28(36)20-34(18-17-22-11-15-24(38-3)16-12-22)31(37)32(35,2)30-29(26)25-7-5-6-8-27(25)33-30/h5-16,26,33H,4,17-20H2,1-3H3. The van der Waals surface area contributed by atoms with Crippen LogP contribution in [0.2, 0.25) is 0 Å². The molecule has 3 aromatic carbocycles. The highest BCUT2D eigenvalue weighted by atomic mass is 16.5. The normalized spacial score (nSPS) is 21.0. The van der Waals surface area contributed by atoms with Crippen LogP contribution >= 0.6 is 0 Å². The maximum absolute atomic E-state index is 14.2. The summed E-state index contributed by atoms with van der Waals surface area (Å²) in [5.74, 6) is 0.746. The van der Waals surface area contributed by atoms with Gasteiger partial charge in [0.2, 0.25) is 5.91 Å². The third-order valence-corrected chi connectivity index (χ3v) is 8.44. The Hall–Kier alpha value is -4.06. The number of fused-ring (bicyclic) bond motifs is 5. The van der Waals surface area contributed by atoms with Crippen LogP contribution in [0.4, 0.5) is 0 Å². The lowest BCUT2D eigenvalue weighted by Gasteiger charge is -2.51. The Kier molecular flexibility index (Phi) is 5.98. The van der Waals surface area contributed by atoms with Crippen LogP contribution in [0.25, 0.3) is 10.9 Å². The SMILES string of the molecule is CCc1ccc(C2CN3C(=O)CN(CCc4ccc(OC)cc4)C(=O)C3(C)c3[nH]c4ccccc4c32)cc1. The van der Waals surface area contributed by atoms with E-state index in [9.17, 15) is 9.59 Å². The largest absolute Gasteiger partial charge is 0.497 e. The summed E-state index contributed by atoms with van der Waals surface area (Å²) in [5, 5.41) is 1.11. The van der Waals surface area contributed by atoms with Gasteiger partial charge in [0, 0.05) is 29.9 Å². The second-order valence-electron chi connectivity index (χ2n) is 10.5. The molecule has 2 atom stereocenters. The van der Waals surface area contributed by atoms with E-state index < -0.39 is 5.54 Å². The minimum absolute atomic E-state index is 0.0114. The van der Waals surface area contributed by atoms with Gasteiger partial charge in [0.05, 0.1) is 19.3 Å². The Morgan fingerprint density at radius 3 is 2.39 bits per heavy atom. The predicted molar refractivity (Wildman–Crippen MR) is 148 cm³/mol. The van der Waals surface area contributed by atoms with Crippen molar-refractivity contribution in [3.63, 3.8) is 0 Å². The van der Waals surface area contributed by atoms with Gasteiger partial charge in [0.15, 0.2) is 5.54 Å². The molecule has 0 saturated carbocycles. The molecule has 6 heteroatoms. The molecule has 194 valence electrons. The average molecular weight is 508 g/mol. The van der Waals surface area contributed by atoms with Gasteiger partial charge in [-0.05, 0) is 60.2 Å². The number of nitrogens with zero attached hydrogens (tertiary/aromatic N) is 2. The fourth-order valence-electron chi connectivity index (χ4n) is 6.20. The van der Waals surface area contributed by atoms with Crippen LogP contribution < -0.4 is 4.74 Å². The molecular weight excluding hydrogens is 474 g/mol. The van der Waals surface area contributed by atoms with Crippen molar-refractivity contribution in [1.82, 2.24) is 14.8 Å². The number of para-hydroxylation sites is 1. The van der Waals surface area contributed by atoms with Crippen molar-refractivity contribution >= 4 is 22.7 Å². The highest BCUT2D eigenvalue weighted by Crippen LogP contribution is 2.48. The van der Waals surface area contributed by atoms with Gasteiger partial charge in [-0.15, -0.1) is 0 Å². The summed E-state index contributed by atoms with van der Waals surface area (Å²) in [6.07, 6.45) is 1.65. The van der Waals surface area contributed by atoms with Gasteiger partial charge >= 0.3 is 0 Å². The zero-order chi connectivity index (χ0) is 26.4. The number of aromatic amines is 1. The minimum atomic E-state index is -1.08. The molecule has 0 spiro atoms. The third-order valence-electron chi connectivity index (χ3n) is 8.44. The first-order chi connectivity index (χ1) is 18.4. The van der Waals surface area contributed by atoms with Crippen LogP contribution in [0, 0.1) is 0 Å². The van der Waals surface area contributed by atoms with Crippen LogP contribution in [0.3, 0.4) is 0 Å². The van der Waals surface area contributed by atoms with Crippen LogP contribution in [0.5, 0.6) is 5.75 Å². The first-order valence-corrected chi connectivity index (χ1v) is 13.4. The van der Waals surface area contributed by atoms with Crippen molar-refractivity contribution in [3.8, 4) is 5.75 Å². The molecule has 2 aliphatic heterocycles. The molecule has 1 N–H and O–H groups in total. The average Bonchev–Trinajstić information content (AvgIpc) is 3.35. The fraction of sp³-hybridized carbons (Fsp3) is 0.312. The summed E-state index contributed by atoms with van der Waals surface area (Å²) in [6, 6.07) is 24.8. The van der Waals surface area contributed by atoms with Gasteiger partial charge in [-0.1, -0.05) is 61.5 Å². The highest BCUT2D eigenvalue weighted by Gasteiger charge is 2.56. The molecular formula is C32H33N3O3. The van der Waals surface area contributed by atoms with Crippen molar-refractivity contribution in [2.75, 3.05) is 26.7 Å². The second kappa shape index (κ2) is 9.35. The number of hydrogen-bond acceptors (Lipinski definition) is 3. The number of amides is 2. The van der Waals surface area contributed by atoms with E-state index in [4.69, 9.17) is 4.74 Å². The molecule has 3 heterocycles. The van der Waals surface area contributed by atoms with E-state index in [0.29, 0.717) is 19.5 Å². The molecule has 1 fully saturated rings. The first-order valence-electron chi connectivity index (χ1n) is 13.4. The Bertz CT molecular complexity index is 1510.